The number of carbonyl (C=O) groups excluding carboxylic acids is 2. The zero-order chi connectivity index (χ0) is 23.4. The number of amides is 2. The van der Waals surface area contributed by atoms with E-state index in [0.29, 0.717) is 72.1 Å². The maximum atomic E-state index is 13.1. The molecule has 2 saturated heterocycles. The molecule has 3 aliphatic heterocycles. The van der Waals surface area contributed by atoms with Gasteiger partial charge in [-0.1, -0.05) is 0 Å². The van der Waals surface area contributed by atoms with Crippen LogP contribution in [0, 0.1) is 16.0 Å². The number of carbonyl (C=O) groups is 2. The van der Waals surface area contributed by atoms with Gasteiger partial charge in [-0.05, 0) is 18.1 Å². The van der Waals surface area contributed by atoms with Gasteiger partial charge in [0.1, 0.15) is 0 Å². The summed E-state index contributed by atoms with van der Waals surface area (Å²) >= 11 is 0. The minimum atomic E-state index is -0.408. The van der Waals surface area contributed by atoms with Crippen molar-refractivity contribution < 1.29 is 24.0 Å². The Bertz CT molecular complexity index is 890. The van der Waals surface area contributed by atoms with Crippen molar-refractivity contribution >= 4 is 23.2 Å². The molecule has 11 heteroatoms. The summed E-state index contributed by atoms with van der Waals surface area (Å²) in [5.41, 5.74) is 1.77. The SMILES string of the molecule is COCCNC(=O)C1Cc2cc([N+](=O)[O-])ccc2N2CCN(CC(=O)N3CCOCC3)CC12. The number of nitro benzene ring substituents is 1. The lowest BCUT2D eigenvalue weighted by atomic mass is 9.83. The number of rotatable bonds is 7. The molecule has 1 aromatic carbocycles. The number of ether oxygens (including phenoxy) is 2. The Morgan fingerprint density at radius 2 is 2.03 bits per heavy atom. The van der Waals surface area contributed by atoms with E-state index in [1.807, 2.05) is 4.90 Å². The van der Waals surface area contributed by atoms with E-state index >= 15 is 0 Å². The van der Waals surface area contributed by atoms with E-state index in [1.54, 1.807) is 19.2 Å². The summed E-state index contributed by atoms with van der Waals surface area (Å²) < 4.78 is 10.4. The number of benzene rings is 1. The smallest absolute Gasteiger partial charge is 0.269 e. The first-order valence-corrected chi connectivity index (χ1v) is 11.4. The van der Waals surface area contributed by atoms with Gasteiger partial charge in [-0.25, -0.2) is 0 Å². The minimum absolute atomic E-state index is 0.0282. The van der Waals surface area contributed by atoms with Gasteiger partial charge >= 0.3 is 0 Å². The number of nitrogens with one attached hydrogen (secondary N) is 1. The van der Waals surface area contributed by atoms with Crippen LogP contribution < -0.4 is 10.2 Å². The highest BCUT2D eigenvalue weighted by Crippen LogP contribution is 2.37. The highest BCUT2D eigenvalue weighted by molar-refractivity contribution is 5.82. The lowest BCUT2D eigenvalue weighted by Crippen LogP contribution is -2.62. The van der Waals surface area contributed by atoms with Gasteiger partial charge in [0.25, 0.3) is 5.69 Å². The van der Waals surface area contributed by atoms with Gasteiger partial charge in [0.15, 0.2) is 0 Å². The molecule has 0 spiro atoms. The second-order valence-corrected chi connectivity index (χ2v) is 8.65. The third-order valence-electron chi connectivity index (χ3n) is 6.66. The van der Waals surface area contributed by atoms with Gasteiger partial charge in [-0.3, -0.25) is 24.6 Å². The largest absolute Gasteiger partial charge is 0.383 e. The Morgan fingerprint density at radius 3 is 2.76 bits per heavy atom. The number of piperazine rings is 1. The molecular weight excluding hydrogens is 430 g/mol. The summed E-state index contributed by atoms with van der Waals surface area (Å²) in [6.07, 6.45) is 0.419. The Kier molecular flexibility index (Phi) is 7.41. The zero-order valence-electron chi connectivity index (χ0n) is 18.9. The summed E-state index contributed by atoms with van der Waals surface area (Å²) in [5.74, 6) is -0.391. The monoisotopic (exact) mass is 461 g/mol. The van der Waals surface area contributed by atoms with Crippen LogP contribution in [0.15, 0.2) is 18.2 Å². The van der Waals surface area contributed by atoms with Crippen LogP contribution in [0.2, 0.25) is 0 Å². The van der Waals surface area contributed by atoms with Gasteiger partial charge in [-0.2, -0.15) is 0 Å². The third-order valence-corrected chi connectivity index (χ3v) is 6.66. The van der Waals surface area contributed by atoms with Crippen LogP contribution in [0.25, 0.3) is 0 Å². The number of methoxy groups -OCH3 is 1. The first-order valence-electron chi connectivity index (χ1n) is 11.4. The van der Waals surface area contributed by atoms with Crippen molar-refractivity contribution in [1.29, 1.82) is 0 Å². The van der Waals surface area contributed by atoms with Crippen LogP contribution in [0.5, 0.6) is 0 Å². The van der Waals surface area contributed by atoms with E-state index < -0.39 is 4.92 Å². The van der Waals surface area contributed by atoms with E-state index in [9.17, 15) is 19.7 Å². The Balaban J connectivity index is 1.52. The molecule has 0 bridgehead atoms. The Morgan fingerprint density at radius 1 is 1.24 bits per heavy atom. The standard InChI is InChI=1S/C22H31N5O6/c1-32-9-4-23-22(29)18-13-16-12-17(27(30)31)2-3-19(16)26-6-5-24(14-20(18)26)15-21(28)25-7-10-33-11-8-25/h2-3,12,18,20H,4-11,13-15H2,1H3,(H,23,29). The maximum Gasteiger partial charge on any atom is 0.269 e. The molecule has 4 rings (SSSR count). The number of morpholine rings is 1. The third kappa shape index (κ3) is 5.26. The molecule has 2 fully saturated rings. The van der Waals surface area contributed by atoms with Gasteiger partial charge < -0.3 is 24.6 Å². The van der Waals surface area contributed by atoms with Crippen LogP contribution in [0.1, 0.15) is 5.56 Å². The van der Waals surface area contributed by atoms with Crippen molar-refractivity contribution in [3.05, 3.63) is 33.9 Å². The van der Waals surface area contributed by atoms with E-state index in [0.717, 1.165) is 11.3 Å². The number of nitrogens with zero attached hydrogens (tertiary/aromatic N) is 4. The summed E-state index contributed by atoms with van der Waals surface area (Å²) in [6, 6.07) is 4.76. The Labute approximate surface area is 192 Å². The number of non-ortho nitro benzene ring substituents is 1. The average molecular weight is 462 g/mol. The van der Waals surface area contributed by atoms with E-state index in [-0.39, 0.29) is 29.5 Å². The summed E-state index contributed by atoms with van der Waals surface area (Å²) in [5, 5.41) is 14.2. The molecule has 11 nitrogen and oxygen atoms in total. The lowest BCUT2D eigenvalue weighted by molar-refractivity contribution is -0.384. The van der Waals surface area contributed by atoms with Crippen molar-refractivity contribution in [2.75, 3.05) is 77.6 Å². The van der Waals surface area contributed by atoms with Gasteiger partial charge in [0.2, 0.25) is 11.8 Å². The number of hydrogen-bond donors (Lipinski definition) is 1. The highest BCUT2D eigenvalue weighted by atomic mass is 16.6. The van der Waals surface area contributed by atoms with Crippen molar-refractivity contribution in [3.8, 4) is 0 Å². The van der Waals surface area contributed by atoms with Crippen LogP contribution in [-0.4, -0.2) is 105 Å². The average Bonchev–Trinajstić information content (AvgIpc) is 2.83. The molecule has 1 aromatic rings. The van der Waals surface area contributed by atoms with Crippen LogP contribution in [-0.2, 0) is 25.5 Å². The fraction of sp³-hybridized carbons (Fsp3) is 0.636. The van der Waals surface area contributed by atoms with E-state index in [1.165, 1.54) is 6.07 Å². The van der Waals surface area contributed by atoms with Crippen molar-refractivity contribution in [2.24, 2.45) is 5.92 Å². The van der Waals surface area contributed by atoms with Crippen molar-refractivity contribution in [3.63, 3.8) is 0 Å². The van der Waals surface area contributed by atoms with E-state index in [4.69, 9.17) is 9.47 Å². The molecule has 1 N–H and O–H groups in total. The lowest BCUT2D eigenvalue weighted by Gasteiger charge is -2.49. The molecule has 3 heterocycles. The molecule has 2 atom stereocenters. The molecule has 33 heavy (non-hydrogen) atoms. The van der Waals surface area contributed by atoms with Crippen molar-refractivity contribution in [2.45, 2.75) is 12.5 Å². The van der Waals surface area contributed by atoms with Crippen LogP contribution in [0.4, 0.5) is 11.4 Å². The predicted molar refractivity (Wildman–Crippen MR) is 120 cm³/mol. The zero-order valence-corrected chi connectivity index (χ0v) is 18.9. The molecule has 2 unspecified atom stereocenters. The maximum absolute atomic E-state index is 13.1. The molecule has 0 aromatic heterocycles. The number of nitro groups is 1. The highest BCUT2D eigenvalue weighted by Gasteiger charge is 2.42. The van der Waals surface area contributed by atoms with Gasteiger partial charge in [-0.15, -0.1) is 0 Å². The second kappa shape index (κ2) is 10.4. The summed E-state index contributed by atoms with van der Waals surface area (Å²) in [4.78, 5) is 42.9. The van der Waals surface area contributed by atoms with Crippen molar-refractivity contribution in [1.82, 2.24) is 15.1 Å². The second-order valence-electron chi connectivity index (χ2n) is 8.65. The minimum Gasteiger partial charge on any atom is -0.383 e. The number of anilines is 1. The molecule has 0 saturated carbocycles. The Hall–Kier alpha value is -2.76. The molecule has 0 aliphatic carbocycles. The molecule has 2 amide bonds. The van der Waals surface area contributed by atoms with Gasteiger partial charge in [0, 0.05) is 64.2 Å². The predicted octanol–water partition coefficient (Wildman–Crippen LogP) is -0.121. The molecular formula is C22H31N5O6. The fourth-order valence-corrected chi connectivity index (χ4v) is 4.94. The first-order chi connectivity index (χ1) is 16.0. The molecule has 180 valence electrons. The summed E-state index contributed by atoms with van der Waals surface area (Å²) in [6.45, 7) is 5.38. The molecule has 3 aliphatic rings. The quantitative estimate of drug-likeness (QED) is 0.339. The van der Waals surface area contributed by atoms with E-state index in [2.05, 4.69) is 15.1 Å². The summed E-state index contributed by atoms with van der Waals surface area (Å²) in [7, 11) is 1.58. The first kappa shape index (κ1) is 23.4. The number of fused-ring (bicyclic) bond motifs is 3. The van der Waals surface area contributed by atoms with Crippen LogP contribution in [0.3, 0.4) is 0 Å². The topological polar surface area (TPSA) is 117 Å². The van der Waals surface area contributed by atoms with Gasteiger partial charge in [0.05, 0.1) is 43.2 Å². The number of hydrogen-bond acceptors (Lipinski definition) is 8. The fourth-order valence-electron chi connectivity index (χ4n) is 4.94. The van der Waals surface area contributed by atoms with Crippen LogP contribution >= 0.6 is 0 Å². The molecule has 0 radical (unpaired) electrons. The normalized spacial score (nSPS) is 22.9.